The maximum absolute atomic E-state index is 12.8. The first-order valence-electron chi connectivity index (χ1n) is 9.30. The third-order valence-corrected chi connectivity index (χ3v) is 5.91. The second-order valence-corrected chi connectivity index (χ2v) is 8.88. The van der Waals surface area contributed by atoms with Crippen molar-refractivity contribution in [1.29, 1.82) is 0 Å². The molecule has 7 nitrogen and oxygen atoms in total. The van der Waals surface area contributed by atoms with E-state index in [4.69, 9.17) is 0 Å². The maximum atomic E-state index is 12.8. The summed E-state index contributed by atoms with van der Waals surface area (Å²) in [6.45, 7) is 3.68. The van der Waals surface area contributed by atoms with Crippen LogP contribution in [0.15, 0.2) is 65.7 Å². The summed E-state index contributed by atoms with van der Waals surface area (Å²) in [5, 5.41) is 2.76. The van der Waals surface area contributed by atoms with Gasteiger partial charge in [-0.15, -0.1) is 0 Å². The van der Waals surface area contributed by atoms with Crippen molar-refractivity contribution in [2.24, 2.45) is 0 Å². The quantitative estimate of drug-likeness (QED) is 0.628. The number of pyridine rings is 1. The summed E-state index contributed by atoms with van der Waals surface area (Å²) in [5.74, 6) is 0.360. The molecule has 0 aliphatic rings. The van der Waals surface area contributed by atoms with Crippen LogP contribution in [0.3, 0.4) is 0 Å². The molecule has 30 heavy (non-hydrogen) atoms. The number of aromatic nitrogens is 1. The third-order valence-electron chi connectivity index (χ3n) is 4.53. The van der Waals surface area contributed by atoms with Crippen LogP contribution in [0.2, 0.25) is 0 Å². The molecule has 0 saturated heterocycles. The molecular formula is C22H24N4O3S. The Hall–Kier alpha value is -3.39. The van der Waals surface area contributed by atoms with Crippen molar-refractivity contribution in [1.82, 2.24) is 4.98 Å². The first kappa shape index (κ1) is 21.3. The lowest BCUT2D eigenvalue weighted by atomic mass is 10.1. The highest BCUT2D eigenvalue weighted by atomic mass is 32.2. The third kappa shape index (κ3) is 4.96. The Kier molecular flexibility index (Phi) is 6.07. The van der Waals surface area contributed by atoms with Gasteiger partial charge < -0.3 is 10.2 Å². The Bertz CT molecular complexity index is 1160. The van der Waals surface area contributed by atoms with Crippen LogP contribution in [-0.4, -0.2) is 33.4 Å². The van der Waals surface area contributed by atoms with Gasteiger partial charge in [0.25, 0.3) is 15.9 Å². The molecule has 3 aromatic rings. The molecule has 0 aliphatic heterocycles. The van der Waals surface area contributed by atoms with Crippen molar-refractivity contribution < 1.29 is 13.2 Å². The van der Waals surface area contributed by atoms with Crippen LogP contribution in [0, 0.1) is 13.8 Å². The normalized spacial score (nSPS) is 11.1. The van der Waals surface area contributed by atoms with E-state index in [9.17, 15) is 13.2 Å². The number of hydrogen-bond acceptors (Lipinski definition) is 5. The molecule has 3 rings (SSSR count). The van der Waals surface area contributed by atoms with Crippen molar-refractivity contribution in [3.63, 3.8) is 0 Å². The molecule has 2 aromatic carbocycles. The van der Waals surface area contributed by atoms with Gasteiger partial charge in [-0.2, -0.15) is 0 Å². The van der Waals surface area contributed by atoms with Gasteiger partial charge in [0.05, 0.1) is 16.8 Å². The average molecular weight is 425 g/mol. The van der Waals surface area contributed by atoms with Gasteiger partial charge in [0.2, 0.25) is 0 Å². The molecule has 156 valence electrons. The summed E-state index contributed by atoms with van der Waals surface area (Å²) in [6.07, 6.45) is 1.56. The van der Waals surface area contributed by atoms with Crippen LogP contribution in [-0.2, 0) is 10.0 Å². The van der Waals surface area contributed by atoms with Gasteiger partial charge in [-0.25, -0.2) is 13.4 Å². The molecule has 1 amide bonds. The molecule has 1 aromatic heterocycles. The minimum Gasteiger partial charge on any atom is -0.363 e. The van der Waals surface area contributed by atoms with E-state index < -0.39 is 15.9 Å². The second kappa shape index (κ2) is 8.54. The fourth-order valence-corrected chi connectivity index (χ4v) is 3.86. The number of benzene rings is 2. The first-order chi connectivity index (χ1) is 14.2. The molecule has 0 radical (unpaired) electrons. The molecule has 2 N–H and O–H groups in total. The van der Waals surface area contributed by atoms with Gasteiger partial charge in [0, 0.05) is 25.3 Å². The number of carbonyl (C=O) groups is 1. The Morgan fingerprint density at radius 2 is 1.60 bits per heavy atom. The van der Waals surface area contributed by atoms with E-state index in [1.165, 1.54) is 12.1 Å². The van der Waals surface area contributed by atoms with Crippen LogP contribution < -0.4 is 14.9 Å². The van der Waals surface area contributed by atoms with Gasteiger partial charge in [-0.3, -0.25) is 9.52 Å². The van der Waals surface area contributed by atoms with E-state index in [0.29, 0.717) is 16.9 Å². The van der Waals surface area contributed by atoms with E-state index in [0.717, 1.165) is 11.4 Å². The lowest BCUT2D eigenvalue weighted by Gasteiger charge is -2.13. The molecular weight excluding hydrogens is 400 g/mol. The highest BCUT2D eigenvalue weighted by Crippen LogP contribution is 2.21. The summed E-state index contributed by atoms with van der Waals surface area (Å²) in [7, 11) is -0.0838. The number of sulfonamides is 1. The molecule has 0 aliphatic carbocycles. The number of hydrogen-bond donors (Lipinski definition) is 2. The van der Waals surface area contributed by atoms with Crippen LogP contribution in [0.1, 0.15) is 21.5 Å². The summed E-state index contributed by atoms with van der Waals surface area (Å²) in [5.41, 5.74) is 2.95. The zero-order valence-electron chi connectivity index (χ0n) is 17.3. The van der Waals surface area contributed by atoms with Gasteiger partial charge >= 0.3 is 0 Å². The van der Waals surface area contributed by atoms with Gasteiger partial charge in [0.1, 0.15) is 5.82 Å². The number of amides is 1. The van der Waals surface area contributed by atoms with Gasteiger partial charge in [-0.05, 0) is 55.8 Å². The van der Waals surface area contributed by atoms with E-state index in [-0.39, 0.29) is 10.5 Å². The lowest BCUT2D eigenvalue weighted by Crippen LogP contribution is -2.17. The van der Waals surface area contributed by atoms with Gasteiger partial charge in [0.15, 0.2) is 0 Å². The number of aryl methyl sites for hydroxylation is 2. The minimum absolute atomic E-state index is 0.0138. The standard InChI is InChI=1S/C22H24N4O3S/c1-15-5-8-17(9-6-15)25-30(28,29)19-11-7-16(2)20(13-19)22(27)24-18-10-12-21(23-14-18)26(3)4/h5-14,25H,1-4H3,(H,24,27). The zero-order valence-corrected chi connectivity index (χ0v) is 18.1. The van der Waals surface area contributed by atoms with Crippen molar-refractivity contribution in [2.75, 3.05) is 29.0 Å². The number of carbonyl (C=O) groups excluding carboxylic acids is 1. The zero-order chi connectivity index (χ0) is 21.9. The highest BCUT2D eigenvalue weighted by molar-refractivity contribution is 7.92. The van der Waals surface area contributed by atoms with Crippen molar-refractivity contribution in [3.8, 4) is 0 Å². The average Bonchev–Trinajstić information content (AvgIpc) is 2.70. The summed E-state index contributed by atoms with van der Waals surface area (Å²) >= 11 is 0. The number of nitrogens with zero attached hydrogens (tertiary/aromatic N) is 2. The number of anilines is 3. The fourth-order valence-electron chi connectivity index (χ4n) is 2.77. The Morgan fingerprint density at radius 3 is 2.20 bits per heavy atom. The molecule has 8 heteroatoms. The first-order valence-corrected chi connectivity index (χ1v) is 10.8. The SMILES string of the molecule is Cc1ccc(NS(=O)(=O)c2ccc(C)c(C(=O)Nc3ccc(N(C)C)nc3)c2)cc1. The molecule has 0 fully saturated rings. The van der Waals surface area contributed by atoms with Gasteiger partial charge in [-0.1, -0.05) is 23.8 Å². The smallest absolute Gasteiger partial charge is 0.261 e. The van der Waals surface area contributed by atoms with Crippen LogP contribution in [0.5, 0.6) is 0 Å². The highest BCUT2D eigenvalue weighted by Gasteiger charge is 2.18. The van der Waals surface area contributed by atoms with Crippen molar-refractivity contribution >= 4 is 33.1 Å². The number of rotatable bonds is 6. The number of nitrogens with one attached hydrogen (secondary N) is 2. The summed E-state index contributed by atoms with van der Waals surface area (Å²) in [4.78, 5) is 18.9. The molecule has 0 saturated carbocycles. The molecule has 1 heterocycles. The largest absolute Gasteiger partial charge is 0.363 e. The Labute approximate surface area is 176 Å². The summed E-state index contributed by atoms with van der Waals surface area (Å²) in [6, 6.07) is 15.0. The van der Waals surface area contributed by atoms with Crippen molar-refractivity contribution in [3.05, 3.63) is 77.5 Å². The summed E-state index contributed by atoms with van der Waals surface area (Å²) < 4.78 is 28.1. The predicted molar refractivity (Wildman–Crippen MR) is 120 cm³/mol. The van der Waals surface area contributed by atoms with Crippen molar-refractivity contribution in [2.45, 2.75) is 18.7 Å². The van der Waals surface area contributed by atoms with E-state index >= 15 is 0 Å². The molecule has 0 atom stereocenters. The van der Waals surface area contributed by atoms with Crippen LogP contribution in [0.25, 0.3) is 0 Å². The van der Waals surface area contributed by atoms with Crippen LogP contribution >= 0.6 is 0 Å². The minimum atomic E-state index is -3.83. The predicted octanol–water partition coefficient (Wildman–Crippen LogP) is 3.82. The fraction of sp³-hybridized carbons (Fsp3) is 0.182. The van der Waals surface area contributed by atoms with E-state index in [2.05, 4.69) is 15.0 Å². The van der Waals surface area contributed by atoms with E-state index in [1.54, 1.807) is 43.5 Å². The molecule has 0 unspecified atom stereocenters. The Morgan fingerprint density at radius 1 is 0.933 bits per heavy atom. The lowest BCUT2D eigenvalue weighted by molar-refractivity contribution is 0.102. The molecule has 0 spiro atoms. The molecule has 0 bridgehead atoms. The monoisotopic (exact) mass is 424 g/mol. The van der Waals surface area contributed by atoms with Crippen LogP contribution in [0.4, 0.5) is 17.2 Å². The maximum Gasteiger partial charge on any atom is 0.261 e. The Balaban J connectivity index is 1.83. The van der Waals surface area contributed by atoms with E-state index in [1.807, 2.05) is 38.1 Å². The second-order valence-electron chi connectivity index (χ2n) is 7.20. The topological polar surface area (TPSA) is 91.4 Å².